The highest BCUT2D eigenvalue weighted by Crippen LogP contribution is 2.50. The van der Waals surface area contributed by atoms with E-state index < -0.39 is 0 Å². The molecular weight excluding hydrogens is 298 g/mol. The SMILES string of the molecule is Brc1ccc(C2CNCCC23CCCCCC3)cc1. The highest BCUT2D eigenvalue weighted by atomic mass is 79.9. The molecule has 0 aromatic heterocycles. The molecule has 0 radical (unpaired) electrons. The molecule has 2 aliphatic rings. The summed E-state index contributed by atoms with van der Waals surface area (Å²) in [6, 6.07) is 9.06. The Morgan fingerprint density at radius 2 is 1.63 bits per heavy atom. The number of halogens is 1. The number of hydrogen-bond acceptors (Lipinski definition) is 1. The molecule has 1 aromatic rings. The summed E-state index contributed by atoms with van der Waals surface area (Å²) in [5.41, 5.74) is 2.12. The van der Waals surface area contributed by atoms with Crippen LogP contribution in [0.2, 0.25) is 0 Å². The first-order valence-corrected chi connectivity index (χ1v) is 8.56. The van der Waals surface area contributed by atoms with E-state index in [4.69, 9.17) is 0 Å². The topological polar surface area (TPSA) is 12.0 Å². The van der Waals surface area contributed by atoms with Crippen LogP contribution >= 0.6 is 15.9 Å². The first-order valence-electron chi connectivity index (χ1n) is 7.76. The van der Waals surface area contributed by atoms with E-state index in [1.807, 2.05) is 0 Å². The molecule has 104 valence electrons. The van der Waals surface area contributed by atoms with Crippen LogP contribution in [0, 0.1) is 5.41 Å². The van der Waals surface area contributed by atoms with Crippen molar-refractivity contribution >= 4 is 15.9 Å². The molecule has 0 amide bonds. The van der Waals surface area contributed by atoms with Crippen LogP contribution in [0.15, 0.2) is 28.7 Å². The molecule has 2 fully saturated rings. The van der Waals surface area contributed by atoms with Crippen LogP contribution in [0.25, 0.3) is 0 Å². The van der Waals surface area contributed by atoms with E-state index in [1.54, 1.807) is 0 Å². The summed E-state index contributed by atoms with van der Waals surface area (Å²) in [5, 5.41) is 3.63. The van der Waals surface area contributed by atoms with Gasteiger partial charge in [-0.05, 0) is 48.9 Å². The van der Waals surface area contributed by atoms with Gasteiger partial charge in [-0.2, -0.15) is 0 Å². The van der Waals surface area contributed by atoms with Gasteiger partial charge < -0.3 is 5.32 Å². The summed E-state index contributed by atoms with van der Waals surface area (Å²) < 4.78 is 1.19. The predicted molar refractivity (Wildman–Crippen MR) is 84.5 cm³/mol. The molecule has 19 heavy (non-hydrogen) atoms. The first kappa shape index (κ1) is 13.6. The maximum absolute atomic E-state index is 3.63. The molecule has 3 rings (SSSR count). The van der Waals surface area contributed by atoms with E-state index in [0.717, 1.165) is 0 Å². The van der Waals surface area contributed by atoms with Gasteiger partial charge in [-0.15, -0.1) is 0 Å². The van der Waals surface area contributed by atoms with Crippen LogP contribution in [-0.2, 0) is 0 Å². The first-order chi connectivity index (χ1) is 9.30. The second-order valence-electron chi connectivity index (χ2n) is 6.33. The van der Waals surface area contributed by atoms with E-state index >= 15 is 0 Å². The lowest BCUT2D eigenvalue weighted by molar-refractivity contribution is 0.136. The van der Waals surface area contributed by atoms with Crippen LogP contribution in [0.5, 0.6) is 0 Å². The molecule has 1 aliphatic carbocycles. The van der Waals surface area contributed by atoms with Gasteiger partial charge >= 0.3 is 0 Å². The fourth-order valence-corrected chi connectivity index (χ4v) is 4.44. The third-order valence-electron chi connectivity index (χ3n) is 5.26. The lowest BCUT2D eigenvalue weighted by atomic mass is 9.64. The molecule has 1 atom stereocenters. The standard InChI is InChI=1S/C17H24BrN/c18-15-7-5-14(6-8-15)16-13-19-12-11-17(16)9-3-1-2-4-10-17/h5-8,16,19H,1-4,9-13H2. The Kier molecular flexibility index (Phi) is 4.28. The summed E-state index contributed by atoms with van der Waals surface area (Å²) >= 11 is 3.55. The van der Waals surface area contributed by atoms with Crippen molar-refractivity contribution in [3.8, 4) is 0 Å². The summed E-state index contributed by atoms with van der Waals surface area (Å²) in [4.78, 5) is 0. The van der Waals surface area contributed by atoms with Gasteiger partial charge in [-0.3, -0.25) is 0 Å². The van der Waals surface area contributed by atoms with Crippen LogP contribution in [0.4, 0.5) is 0 Å². The molecule has 1 aliphatic heterocycles. The molecule has 1 saturated heterocycles. The average Bonchev–Trinajstić information content (AvgIpc) is 2.67. The zero-order valence-corrected chi connectivity index (χ0v) is 13.2. The Labute approximate surface area is 125 Å². The molecule has 1 N–H and O–H groups in total. The molecule has 0 bridgehead atoms. The van der Waals surface area contributed by atoms with Crippen molar-refractivity contribution in [2.24, 2.45) is 5.41 Å². The summed E-state index contributed by atoms with van der Waals surface area (Å²) in [5.74, 6) is 0.715. The fraction of sp³-hybridized carbons (Fsp3) is 0.647. The Balaban J connectivity index is 1.89. The largest absolute Gasteiger partial charge is 0.316 e. The second-order valence-corrected chi connectivity index (χ2v) is 7.25. The summed E-state index contributed by atoms with van der Waals surface area (Å²) in [6.07, 6.45) is 10.0. The third-order valence-corrected chi connectivity index (χ3v) is 5.79. The Morgan fingerprint density at radius 3 is 2.32 bits per heavy atom. The van der Waals surface area contributed by atoms with Crippen molar-refractivity contribution in [1.29, 1.82) is 0 Å². The van der Waals surface area contributed by atoms with E-state index in [1.165, 1.54) is 68.1 Å². The van der Waals surface area contributed by atoms with E-state index in [0.29, 0.717) is 11.3 Å². The van der Waals surface area contributed by atoms with Gasteiger partial charge in [0.1, 0.15) is 0 Å². The Hall–Kier alpha value is -0.340. The molecule has 2 heteroatoms. The van der Waals surface area contributed by atoms with Gasteiger partial charge in [0.15, 0.2) is 0 Å². The second kappa shape index (κ2) is 5.97. The highest BCUT2D eigenvalue weighted by molar-refractivity contribution is 9.10. The minimum Gasteiger partial charge on any atom is -0.316 e. The molecule has 1 nitrogen and oxygen atoms in total. The molecule has 1 spiro atoms. The normalized spacial score (nSPS) is 27.1. The van der Waals surface area contributed by atoms with Gasteiger partial charge in [-0.1, -0.05) is 53.7 Å². The zero-order valence-electron chi connectivity index (χ0n) is 11.6. The summed E-state index contributed by atoms with van der Waals surface area (Å²) in [6.45, 7) is 2.38. The van der Waals surface area contributed by atoms with Gasteiger partial charge in [-0.25, -0.2) is 0 Å². The fourth-order valence-electron chi connectivity index (χ4n) is 4.17. The van der Waals surface area contributed by atoms with E-state index in [-0.39, 0.29) is 0 Å². The maximum Gasteiger partial charge on any atom is 0.0175 e. The molecular formula is C17H24BrN. The number of nitrogens with one attached hydrogen (secondary N) is 1. The van der Waals surface area contributed by atoms with Crippen LogP contribution in [0.3, 0.4) is 0 Å². The minimum absolute atomic E-state index is 0.579. The number of hydrogen-bond donors (Lipinski definition) is 1. The van der Waals surface area contributed by atoms with E-state index in [2.05, 4.69) is 45.5 Å². The lowest BCUT2D eigenvalue weighted by Crippen LogP contribution is -2.43. The van der Waals surface area contributed by atoms with Crippen molar-refractivity contribution in [2.45, 2.75) is 50.9 Å². The monoisotopic (exact) mass is 321 g/mol. The van der Waals surface area contributed by atoms with Gasteiger partial charge in [0, 0.05) is 16.9 Å². The lowest BCUT2D eigenvalue weighted by Gasteiger charge is -2.45. The number of piperidine rings is 1. The smallest absolute Gasteiger partial charge is 0.0175 e. The van der Waals surface area contributed by atoms with Crippen molar-refractivity contribution in [2.75, 3.05) is 13.1 Å². The third kappa shape index (κ3) is 2.90. The van der Waals surface area contributed by atoms with Gasteiger partial charge in [0.05, 0.1) is 0 Å². The quantitative estimate of drug-likeness (QED) is 0.778. The Bertz CT molecular complexity index is 404. The van der Waals surface area contributed by atoms with Crippen LogP contribution in [0.1, 0.15) is 56.4 Å². The molecule has 1 heterocycles. The highest BCUT2D eigenvalue weighted by Gasteiger charge is 2.41. The van der Waals surface area contributed by atoms with Crippen molar-refractivity contribution in [3.63, 3.8) is 0 Å². The Morgan fingerprint density at radius 1 is 0.947 bits per heavy atom. The molecule has 1 saturated carbocycles. The van der Waals surface area contributed by atoms with Gasteiger partial charge in [0.2, 0.25) is 0 Å². The number of benzene rings is 1. The molecule has 1 unspecified atom stereocenters. The average molecular weight is 322 g/mol. The van der Waals surface area contributed by atoms with E-state index in [9.17, 15) is 0 Å². The number of rotatable bonds is 1. The van der Waals surface area contributed by atoms with Crippen molar-refractivity contribution < 1.29 is 0 Å². The molecule has 1 aromatic carbocycles. The predicted octanol–water partition coefficient (Wildman–Crippen LogP) is 4.87. The van der Waals surface area contributed by atoms with Crippen molar-refractivity contribution in [1.82, 2.24) is 5.32 Å². The maximum atomic E-state index is 3.63. The zero-order chi connectivity index (χ0) is 13.1. The van der Waals surface area contributed by atoms with Crippen LogP contribution < -0.4 is 5.32 Å². The van der Waals surface area contributed by atoms with Crippen molar-refractivity contribution in [3.05, 3.63) is 34.3 Å². The summed E-state index contributed by atoms with van der Waals surface area (Å²) in [7, 11) is 0. The minimum atomic E-state index is 0.579. The van der Waals surface area contributed by atoms with Crippen LogP contribution in [-0.4, -0.2) is 13.1 Å². The van der Waals surface area contributed by atoms with Gasteiger partial charge in [0.25, 0.3) is 0 Å².